The second-order valence-electron chi connectivity index (χ2n) is 8.60. The Balaban J connectivity index is 1.46. The number of aromatic hydroxyl groups is 1. The molecule has 9 heteroatoms. The largest absolute Gasteiger partial charge is 0.507 e. The van der Waals surface area contributed by atoms with E-state index in [0.717, 1.165) is 6.42 Å². The van der Waals surface area contributed by atoms with Crippen LogP contribution >= 0.6 is 0 Å². The molecule has 0 saturated carbocycles. The number of halogens is 1. The molecule has 1 amide bonds. The number of amides is 1. The van der Waals surface area contributed by atoms with Gasteiger partial charge in [0.2, 0.25) is 0 Å². The van der Waals surface area contributed by atoms with Crippen molar-refractivity contribution in [2.24, 2.45) is 5.92 Å². The minimum Gasteiger partial charge on any atom is -0.507 e. The van der Waals surface area contributed by atoms with Gasteiger partial charge in [-0.1, -0.05) is 12.1 Å². The number of rotatable bonds is 5. The molecule has 3 heterocycles. The summed E-state index contributed by atoms with van der Waals surface area (Å²) in [6, 6.07) is 11.1. The number of nitrogens with zero attached hydrogens (tertiary/aromatic N) is 4. The summed E-state index contributed by atoms with van der Waals surface area (Å²) >= 11 is 0. The molecule has 8 nitrogen and oxygen atoms in total. The molecule has 2 fully saturated rings. The predicted octanol–water partition coefficient (Wildman–Crippen LogP) is 3.74. The molecule has 0 bridgehead atoms. The van der Waals surface area contributed by atoms with Gasteiger partial charge in [0.25, 0.3) is 0 Å². The van der Waals surface area contributed by atoms with Crippen molar-refractivity contribution in [2.45, 2.75) is 18.9 Å². The van der Waals surface area contributed by atoms with Crippen molar-refractivity contribution in [1.29, 1.82) is 0 Å². The fourth-order valence-electron chi connectivity index (χ4n) is 4.71. The first-order valence-corrected chi connectivity index (χ1v) is 11.1. The maximum atomic E-state index is 14.1. The van der Waals surface area contributed by atoms with Crippen LogP contribution in [0.2, 0.25) is 0 Å². The zero-order chi connectivity index (χ0) is 22.9. The van der Waals surface area contributed by atoms with E-state index >= 15 is 0 Å². The molecule has 33 heavy (non-hydrogen) atoms. The molecule has 2 aliphatic rings. The molecule has 0 aliphatic carbocycles. The van der Waals surface area contributed by atoms with E-state index in [4.69, 9.17) is 9.72 Å². The van der Waals surface area contributed by atoms with Crippen LogP contribution in [0.15, 0.2) is 42.5 Å². The maximum absolute atomic E-state index is 14.1. The summed E-state index contributed by atoms with van der Waals surface area (Å²) in [5.41, 5.74) is 1.08. The highest BCUT2D eigenvalue weighted by molar-refractivity contribution is 5.91. The Bertz CT molecular complexity index is 1180. The van der Waals surface area contributed by atoms with E-state index < -0.39 is 6.09 Å². The van der Waals surface area contributed by atoms with Gasteiger partial charge in [-0.3, -0.25) is 0 Å². The molecule has 3 aromatic rings. The quantitative estimate of drug-likeness (QED) is 0.608. The molecule has 2 atom stereocenters. The molecule has 172 valence electrons. The molecule has 2 N–H and O–H groups in total. The second kappa shape index (κ2) is 8.82. The van der Waals surface area contributed by atoms with Crippen LogP contribution < -0.4 is 4.90 Å². The second-order valence-corrected chi connectivity index (χ2v) is 8.60. The average Bonchev–Trinajstić information content (AvgIpc) is 3.49. The number of benzene rings is 2. The summed E-state index contributed by atoms with van der Waals surface area (Å²) < 4.78 is 19.5. The zero-order valence-corrected chi connectivity index (χ0v) is 18.0. The molecular formula is C24H25FN4O4. The van der Waals surface area contributed by atoms with Crippen LogP contribution in [0.5, 0.6) is 5.75 Å². The number of hydrogen-bond acceptors (Lipinski definition) is 6. The smallest absolute Gasteiger partial charge is 0.407 e. The van der Waals surface area contributed by atoms with E-state index in [1.54, 1.807) is 30.3 Å². The van der Waals surface area contributed by atoms with Gasteiger partial charge in [-0.15, -0.1) is 0 Å². The van der Waals surface area contributed by atoms with Gasteiger partial charge in [0, 0.05) is 31.6 Å². The SMILES string of the molecule is O=C(O)N(C[C@H]1CCN(c2nc(-c3ccccc3O)nc3ccc(F)cc23)C1)[C@H]1CCOC1. The van der Waals surface area contributed by atoms with Gasteiger partial charge in [0.15, 0.2) is 5.82 Å². The Morgan fingerprint density at radius 3 is 2.82 bits per heavy atom. The number of phenols is 1. The first-order valence-electron chi connectivity index (χ1n) is 11.1. The van der Waals surface area contributed by atoms with Crippen LogP contribution in [0.3, 0.4) is 0 Å². The lowest BCUT2D eigenvalue weighted by Gasteiger charge is -2.28. The van der Waals surface area contributed by atoms with Crippen molar-refractivity contribution in [3.05, 3.63) is 48.3 Å². The number of anilines is 1. The number of aromatic nitrogens is 2. The molecular weight excluding hydrogens is 427 g/mol. The topological polar surface area (TPSA) is 99.0 Å². The van der Waals surface area contributed by atoms with Crippen LogP contribution in [0.4, 0.5) is 15.0 Å². The van der Waals surface area contributed by atoms with Gasteiger partial charge >= 0.3 is 6.09 Å². The number of carboxylic acid groups (broad SMARTS) is 1. The fraction of sp³-hybridized carbons (Fsp3) is 0.375. The number of carbonyl (C=O) groups is 1. The van der Waals surface area contributed by atoms with Crippen molar-refractivity contribution in [1.82, 2.24) is 14.9 Å². The highest BCUT2D eigenvalue weighted by Crippen LogP contribution is 2.34. The van der Waals surface area contributed by atoms with Crippen LogP contribution in [0.1, 0.15) is 12.8 Å². The third-order valence-corrected chi connectivity index (χ3v) is 6.42. The number of ether oxygens (including phenoxy) is 1. The van der Waals surface area contributed by atoms with Crippen LogP contribution in [0.25, 0.3) is 22.3 Å². The van der Waals surface area contributed by atoms with E-state index in [1.807, 2.05) is 0 Å². The normalized spacial score (nSPS) is 20.5. The lowest BCUT2D eigenvalue weighted by atomic mass is 10.1. The highest BCUT2D eigenvalue weighted by Gasteiger charge is 2.33. The molecule has 2 saturated heterocycles. The van der Waals surface area contributed by atoms with Crippen molar-refractivity contribution in [3.63, 3.8) is 0 Å². The molecule has 2 aromatic carbocycles. The Labute approximate surface area is 190 Å². The van der Waals surface area contributed by atoms with Crippen LogP contribution in [-0.2, 0) is 4.74 Å². The van der Waals surface area contributed by atoms with E-state index in [0.29, 0.717) is 67.4 Å². The number of phenolic OH excluding ortho intramolecular Hbond substituents is 1. The zero-order valence-electron chi connectivity index (χ0n) is 18.0. The Morgan fingerprint density at radius 1 is 1.21 bits per heavy atom. The summed E-state index contributed by atoms with van der Waals surface area (Å²) in [7, 11) is 0. The van der Waals surface area contributed by atoms with E-state index in [-0.39, 0.29) is 23.5 Å². The summed E-state index contributed by atoms with van der Waals surface area (Å²) in [6.45, 7) is 2.70. The van der Waals surface area contributed by atoms with Crippen molar-refractivity contribution < 1.29 is 24.1 Å². The Hall–Kier alpha value is -3.46. The minimum absolute atomic E-state index is 0.0695. The van der Waals surface area contributed by atoms with Gasteiger partial charge in [-0.25, -0.2) is 19.2 Å². The Morgan fingerprint density at radius 2 is 2.06 bits per heavy atom. The van der Waals surface area contributed by atoms with Crippen LogP contribution in [0, 0.1) is 11.7 Å². The lowest BCUT2D eigenvalue weighted by Crippen LogP contribution is -2.43. The molecule has 2 aliphatic heterocycles. The number of hydrogen-bond donors (Lipinski definition) is 2. The summed E-state index contributed by atoms with van der Waals surface area (Å²) in [5.74, 6) is 0.762. The highest BCUT2D eigenvalue weighted by atomic mass is 19.1. The van der Waals surface area contributed by atoms with Gasteiger partial charge in [-0.2, -0.15) is 0 Å². The third kappa shape index (κ3) is 4.28. The minimum atomic E-state index is -0.930. The van der Waals surface area contributed by atoms with E-state index in [1.165, 1.54) is 17.0 Å². The average molecular weight is 452 g/mol. The van der Waals surface area contributed by atoms with Gasteiger partial charge in [0.05, 0.1) is 23.7 Å². The maximum Gasteiger partial charge on any atom is 0.407 e. The van der Waals surface area contributed by atoms with Gasteiger partial charge in [-0.05, 0) is 49.1 Å². The monoisotopic (exact) mass is 452 g/mol. The molecule has 0 spiro atoms. The summed E-state index contributed by atoms with van der Waals surface area (Å²) in [5, 5.41) is 20.6. The first kappa shape index (κ1) is 21.4. The van der Waals surface area contributed by atoms with Crippen molar-refractivity contribution in [3.8, 4) is 17.1 Å². The number of fused-ring (bicyclic) bond motifs is 1. The fourth-order valence-corrected chi connectivity index (χ4v) is 4.71. The lowest BCUT2D eigenvalue weighted by molar-refractivity contribution is 0.104. The van der Waals surface area contributed by atoms with Crippen LogP contribution in [-0.4, -0.2) is 70.1 Å². The first-order chi connectivity index (χ1) is 16.0. The predicted molar refractivity (Wildman–Crippen MR) is 121 cm³/mol. The standard InChI is InChI=1S/C24H25FN4O4/c25-16-5-6-20-19(11-16)23(27-22(26-20)18-3-1-2-4-21(18)30)28-9-7-15(12-28)13-29(24(31)32)17-8-10-33-14-17/h1-6,11,15,17,30H,7-10,12-14H2,(H,31,32)/t15-,17-/m0/s1. The molecule has 0 radical (unpaired) electrons. The number of para-hydroxylation sites is 1. The third-order valence-electron chi connectivity index (χ3n) is 6.42. The molecule has 0 unspecified atom stereocenters. The van der Waals surface area contributed by atoms with Gasteiger partial charge in [0.1, 0.15) is 17.4 Å². The summed E-state index contributed by atoms with van der Waals surface area (Å²) in [6.07, 6.45) is 0.576. The van der Waals surface area contributed by atoms with E-state index in [9.17, 15) is 19.4 Å². The van der Waals surface area contributed by atoms with E-state index in [2.05, 4.69) is 9.88 Å². The van der Waals surface area contributed by atoms with Crippen molar-refractivity contribution in [2.75, 3.05) is 37.7 Å². The van der Waals surface area contributed by atoms with Gasteiger partial charge < -0.3 is 24.7 Å². The molecule has 1 aromatic heterocycles. The van der Waals surface area contributed by atoms with Crippen molar-refractivity contribution >= 4 is 22.8 Å². The summed E-state index contributed by atoms with van der Waals surface area (Å²) in [4.78, 5) is 24.7. The molecule has 5 rings (SSSR count). The Kier molecular flexibility index (Phi) is 5.72.